The summed E-state index contributed by atoms with van der Waals surface area (Å²) in [6.07, 6.45) is 1.61. The largest absolute Gasteiger partial charge is 0.490 e. The van der Waals surface area contributed by atoms with Crippen molar-refractivity contribution in [1.82, 2.24) is 4.98 Å². The number of halogens is 1. The summed E-state index contributed by atoms with van der Waals surface area (Å²) in [4.78, 5) is 4.38. The minimum absolute atomic E-state index is 0.141. The lowest BCUT2D eigenvalue weighted by Crippen LogP contribution is -2.16. The Morgan fingerprint density at radius 3 is 2.62 bits per heavy atom. The zero-order valence-electron chi connectivity index (χ0n) is 14.5. The van der Waals surface area contributed by atoms with E-state index in [2.05, 4.69) is 4.98 Å². The fourth-order valence-corrected chi connectivity index (χ4v) is 2.93. The number of ether oxygens (including phenoxy) is 4. The molecule has 0 bridgehead atoms. The molecule has 3 aromatic rings. The Hall–Kier alpha value is -3.02. The number of hydrogen-bond acceptors (Lipinski definition) is 5. The number of aryl methyl sites for hydroxylation is 1. The lowest BCUT2D eigenvalue weighted by Gasteiger charge is -2.23. The van der Waals surface area contributed by atoms with Crippen LogP contribution < -0.4 is 18.9 Å². The molecule has 26 heavy (non-hydrogen) atoms. The highest BCUT2D eigenvalue weighted by Gasteiger charge is 2.24. The Balaban J connectivity index is 1.88. The minimum atomic E-state index is -0.424. The van der Waals surface area contributed by atoms with E-state index < -0.39 is 5.82 Å². The van der Waals surface area contributed by atoms with E-state index in [4.69, 9.17) is 18.9 Å². The van der Waals surface area contributed by atoms with E-state index in [1.54, 1.807) is 30.5 Å². The van der Waals surface area contributed by atoms with Crippen LogP contribution >= 0.6 is 0 Å². The van der Waals surface area contributed by atoms with Crippen molar-refractivity contribution in [3.63, 3.8) is 0 Å². The lowest BCUT2D eigenvalue weighted by atomic mass is 10.1. The molecule has 5 nitrogen and oxygen atoms in total. The Labute approximate surface area is 150 Å². The monoisotopic (exact) mass is 355 g/mol. The van der Waals surface area contributed by atoms with Gasteiger partial charge in [-0.1, -0.05) is 6.07 Å². The summed E-state index contributed by atoms with van der Waals surface area (Å²) in [6.45, 7) is 5.05. The quantitative estimate of drug-likeness (QED) is 0.682. The van der Waals surface area contributed by atoms with Crippen LogP contribution in [0.2, 0.25) is 0 Å². The summed E-state index contributed by atoms with van der Waals surface area (Å²) in [7, 11) is 0. The maximum atomic E-state index is 14.2. The van der Waals surface area contributed by atoms with Gasteiger partial charge in [-0.25, -0.2) is 4.39 Å². The van der Waals surface area contributed by atoms with Crippen molar-refractivity contribution in [2.45, 2.75) is 13.8 Å². The first-order valence-electron chi connectivity index (χ1n) is 8.45. The number of fused-ring (bicyclic) bond motifs is 3. The molecule has 0 saturated heterocycles. The second kappa shape index (κ2) is 6.71. The first kappa shape index (κ1) is 16.4. The van der Waals surface area contributed by atoms with Gasteiger partial charge in [-0.3, -0.25) is 4.98 Å². The maximum Gasteiger partial charge on any atom is 0.204 e. The number of aromatic nitrogens is 1. The van der Waals surface area contributed by atoms with Gasteiger partial charge in [0, 0.05) is 12.3 Å². The molecule has 0 radical (unpaired) electrons. The van der Waals surface area contributed by atoms with Crippen molar-refractivity contribution in [1.29, 1.82) is 0 Å². The number of hydrogen-bond donors (Lipinski definition) is 0. The van der Waals surface area contributed by atoms with Crippen LogP contribution in [0.5, 0.6) is 28.7 Å². The van der Waals surface area contributed by atoms with Gasteiger partial charge in [0.15, 0.2) is 23.1 Å². The smallest absolute Gasteiger partial charge is 0.204 e. The molecule has 1 aliphatic heterocycles. The van der Waals surface area contributed by atoms with Gasteiger partial charge in [-0.15, -0.1) is 0 Å². The predicted molar refractivity (Wildman–Crippen MR) is 95.1 cm³/mol. The molecular formula is C20H18FNO4. The van der Waals surface area contributed by atoms with Crippen molar-refractivity contribution >= 4 is 10.9 Å². The van der Waals surface area contributed by atoms with Crippen molar-refractivity contribution in [3.8, 4) is 28.7 Å². The summed E-state index contributed by atoms with van der Waals surface area (Å²) in [6, 6.07) is 8.30. The third-order valence-electron chi connectivity index (χ3n) is 4.05. The van der Waals surface area contributed by atoms with E-state index in [9.17, 15) is 4.39 Å². The lowest BCUT2D eigenvalue weighted by molar-refractivity contribution is 0.165. The second-order valence-corrected chi connectivity index (χ2v) is 5.90. The molecule has 0 fully saturated rings. The van der Waals surface area contributed by atoms with Crippen LogP contribution in [0, 0.1) is 12.7 Å². The number of pyridine rings is 1. The summed E-state index contributed by atoms with van der Waals surface area (Å²) >= 11 is 0. The Bertz CT molecular complexity index is 974. The SMILES string of the molecule is CCOc1cc2nccc(Oc3ccc(C)cc3F)c2c2c1OCCO2. The average molecular weight is 355 g/mol. The van der Waals surface area contributed by atoms with E-state index in [1.807, 2.05) is 13.8 Å². The number of nitrogens with zero attached hydrogens (tertiary/aromatic N) is 1. The van der Waals surface area contributed by atoms with Gasteiger partial charge in [-0.2, -0.15) is 0 Å². The Kier molecular flexibility index (Phi) is 4.24. The molecule has 1 aliphatic rings. The third-order valence-corrected chi connectivity index (χ3v) is 4.05. The summed E-state index contributed by atoms with van der Waals surface area (Å²) in [5, 5.41) is 0.630. The van der Waals surface area contributed by atoms with Gasteiger partial charge >= 0.3 is 0 Å². The first-order chi connectivity index (χ1) is 12.7. The van der Waals surface area contributed by atoms with Crippen LogP contribution in [0.25, 0.3) is 10.9 Å². The predicted octanol–water partition coefficient (Wildman–Crippen LogP) is 4.64. The Morgan fingerprint density at radius 2 is 1.85 bits per heavy atom. The van der Waals surface area contributed by atoms with Crippen molar-refractivity contribution < 1.29 is 23.3 Å². The topological polar surface area (TPSA) is 49.8 Å². The summed E-state index contributed by atoms with van der Waals surface area (Å²) in [5.74, 6) is 1.76. The van der Waals surface area contributed by atoms with Crippen molar-refractivity contribution in [2.24, 2.45) is 0 Å². The van der Waals surface area contributed by atoms with Gasteiger partial charge in [-0.05, 0) is 37.6 Å². The molecular weight excluding hydrogens is 337 g/mol. The van der Waals surface area contributed by atoms with E-state index >= 15 is 0 Å². The normalized spacial score (nSPS) is 12.9. The van der Waals surface area contributed by atoms with Crippen LogP contribution in [-0.4, -0.2) is 24.8 Å². The molecule has 0 saturated carbocycles. The standard InChI is InChI=1S/C20H18FNO4/c1-3-23-17-11-14-18(20-19(17)24-8-9-25-20)16(6-7-22-14)26-15-5-4-12(2)10-13(15)21/h4-7,10-11H,3,8-9H2,1-2H3. The molecule has 0 spiro atoms. The zero-order valence-corrected chi connectivity index (χ0v) is 14.5. The molecule has 0 unspecified atom stereocenters. The molecule has 2 aromatic carbocycles. The molecule has 1 aromatic heterocycles. The van der Waals surface area contributed by atoms with Crippen LogP contribution in [0.3, 0.4) is 0 Å². The van der Waals surface area contributed by atoms with E-state index in [0.29, 0.717) is 53.7 Å². The van der Waals surface area contributed by atoms with E-state index in [1.165, 1.54) is 6.07 Å². The molecule has 6 heteroatoms. The van der Waals surface area contributed by atoms with Gasteiger partial charge in [0.25, 0.3) is 0 Å². The van der Waals surface area contributed by atoms with Crippen molar-refractivity contribution in [2.75, 3.05) is 19.8 Å². The van der Waals surface area contributed by atoms with E-state index in [-0.39, 0.29) is 5.75 Å². The zero-order chi connectivity index (χ0) is 18.1. The van der Waals surface area contributed by atoms with Crippen LogP contribution in [0.15, 0.2) is 36.5 Å². The van der Waals surface area contributed by atoms with Gasteiger partial charge in [0.1, 0.15) is 19.0 Å². The fourth-order valence-electron chi connectivity index (χ4n) is 2.93. The van der Waals surface area contributed by atoms with Gasteiger partial charge < -0.3 is 18.9 Å². The molecule has 2 heterocycles. The maximum absolute atomic E-state index is 14.2. The Morgan fingerprint density at radius 1 is 1.04 bits per heavy atom. The molecule has 0 atom stereocenters. The molecule has 0 amide bonds. The highest BCUT2D eigenvalue weighted by molar-refractivity contribution is 5.95. The van der Waals surface area contributed by atoms with E-state index in [0.717, 1.165) is 5.56 Å². The molecule has 134 valence electrons. The van der Waals surface area contributed by atoms with Crippen LogP contribution in [0.1, 0.15) is 12.5 Å². The number of benzene rings is 2. The highest BCUT2D eigenvalue weighted by Crippen LogP contribution is 2.48. The summed E-state index contributed by atoms with van der Waals surface area (Å²) < 4.78 is 37.3. The first-order valence-corrected chi connectivity index (χ1v) is 8.45. The molecule has 0 aliphatic carbocycles. The molecule has 0 N–H and O–H groups in total. The van der Waals surface area contributed by atoms with Crippen LogP contribution in [-0.2, 0) is 0 Å². The van der Waals surface area contributed by atoms with Gasteiger partial charge in [0.05, 0.1) is 17.5 Å². The van der Waals surface area contributed by atoms with Crippen molar-refractivity contribution in [3.05, 3.63) is 47.9 Å². The fraction of sp³-hybridized carbons (Fsp3) is 0.250. The average Bonchev–Trinajstić information content (AvgIpc) is 2.64. The minimum Gasteiger partial charge on any atom is -0.490 e. The second-order valence-electron chi connectivity index (χ2n) is 5.90. The van der Waals surface area contributed by atoms with Crippen LogP contribution in [0.4, 0.5) is 4.39 Å². The van der Waals surface area contributed by atoms with Gasteiger partial charge in [0.2, 0.25) is 5.75 Å². The number of rotatable bonds is 4. The highest BCUT2D eigenvalue weighted by atomic mass is 19.1. The molecule has 4 rings (SSSR count). The third kappa shape index (κ3) is 2.87. The summed E-state index contributed by atoms with van der Waals surface area (Å²) in [5.41, 5.74) is 1.45.